The van der Waals surface area contributed by atoms with E-state index in [1.165, 1.54) is 25.7 Å². The van der Waals surface area contributed by atoms with E-state index in [1.54, 1.807) is 0 Å². The topological polar surface area (TPSA) is 72.9 Å². The highest BCUT2D eigenvalue weighted by molar-refractivity contribution is 4.92. The molecule has 2 N–H and O–H groups in total. The molecule has 0 amide bonds. The van der Waals surface area contributed by atoms with Gasteiger partial charge >= 0.3 is 0 Å². The van der Waals surface area contributed by atoms with E-state index in [4.69, 9.17) is 5.73 Å². The smallest absolute Gasteiger partial charge is 0.165 e. The molecular formula is C10H18N6. The molecule has 1 saturated carbocycles. The molecule has 1 unspecified atom stereocenters. The van der Waals surface area contributed by atoms with E-state index in [-0.39, 0.29) is 0 Å². The van der Waals surface area contributed by atoms with Crippen molar-refractivity contribution < 1.29 is 0 Å². The van der Waals surface area contributed by atoms with E-state index >= 15 is 0 Å². The van der Waals surface area contributed by atoms with Crippen LogP contribution < -0.4 is 5.73 Å². The van der Waals surface area contributed by atoms with Gasteiger partial charge in [-0.1, -0.05) is 0 Å². The second-order valence-electron chi connectivity index (χ2n) is 4.77. The highest BCUT2D eigenvalue weighted by atomic mass is 15.6. The molecule has 0 radical (unpaired) electrons. The molecule has 2 aliphatic rings. The predicted molar refractivity (Wildman–Crippen MR) is 58.6 cm³/mol. The van der Waals surface area contributed by atoms with Crippen LogP contribution in [0.1, 0.15) is 37.5 Å². The van der Waals surface area contributed by atoms with Crippen LogP contribution in [0.3, 0.4) is 0 Å². The Morgan fingerprint density at radius 2 is 2.19 bits per heavy atom. The first kappa shape index (κ1) is 10.2. The van der Waals surface area contributed by atoms with E-state index in [0.717, 1.165) is 25.5 Å². The summed E-state index contributed by atoms with van der Waals surface area (Å²) in [6.45, 7) is 2.72. The zero-order valence-electron chi connectivity index (χ0n) is 9.42. The first-order valence-corrected chi connectivity index (χ1v) is 6.09. The van der Waals surface area contributed by atoms with Crippen LogP contribution in [0.4, 0.5) is 0 Å². The van der Waals surface area contributed by atoms with Gasteiger partial charge in [0.25, 0.3) is 0 Å². The van der Waals surface area contributed by atoms with Crippen LogP contribution in [-0.2, 0) is 6.54 Å². The third-order valence-electron chi connectivity index (χ3n) is 3.57. The number of aromatic nitrogens is 4. The summed E-state index contributed by atoms with van der Waals surface area (Å²) in [5, 5.41) is 12.0. The Morgan fingerprint density at radius 1 is 1.31 bits per heavy atom. The van der Waals surface area contributed by atoms with Crippen LogP contribution in [-0.4, -0.2) is 44.2 Å². The molecule has 1 aromatic heterocycles. The van der Waals surface area contributed by atoms with E-state index in [0.29, 0.717) is 12.1 Å². The van der Waals surface area contributed by atoms with Crippen molar-refractivity contribution in [2.45, 2.75) is 44.3 Å². The van der Waals surface area contributed by atoms with Gasteiger partial charge in [-0.2, -0.15) is 0 Å². The van der Waals surface area contributed by atoms with Gasteiger partial charge in [-0.25, -0.2) is 4.68 Å². The molecule has 6 nitrogen and oxygen atoms in total. The first-order valence-electron chi connectivity index (χ1n) is 6.09. The Kier molecular flexibility index (Phi) is 2.61. The average molecular weight is 222 g/mol. The third-order valence-corrected chi connectivity index (χ3v) is 3.57. The summed E-state index contributed by atoms with van der Waals surface area (Å²) in [5.74, 6) is 1.00. The van der Waals surface area contributed by atoms with Crippen LogP contribution in [0.2, 0.25) is 0 Å². The normalized spacial score (nSPS) is 26.4. The van der Waals surface area contributed by atoms with Gasteiger partial charge in [0.1, 0.15) is 0 Å². The molecule has 88 valence electrons. The minimum Gasteiger partial charge on any atom is -0.329 e. The number of hydrogen-bond donors (Lipinski definition) is 1. The van der Waals surface area contributed by atoms with Gasteiger partial charge in [0.05, 0.1) is 12.6 Å². The lowest BCUT2D eigenvalue weighted by atomic mass is 10.2. The zero-order chi connectivity index (χ0) is 11.0. The molecule has 0 aromatic carbocycles. The number of rotatable bonds is 4. The highest BCUT2D eigenvalue weighted by Gasteiger charge is 2.30. The molecule has 1 atom stereocenters. The standard InChI is InChI=1S/C10H18N6/c11-6-9-2-1-5-15(9)7-10-12-13-14-16(10)8-3-4-8/h8-9H,1-7,11H2. The number of nitrogens with zero attached hydrogens (tertiary/aromatic N) is 5. The predicted octanol–water partition coefficient (Wildman–Crippen LogP) is -0.0689. The summed E-state index contributed by atoms with van der Waals surface area (Å²) in [4.78, 5) is 2.41. The van der Waals surface area contributed by atoms with Crippen LogP contribution in [0.25, 0.3) is 0 Å². The summed E-state index contributed by atoms with van der Waals surface area (Å²) in [6.07, 6.45) is 4.89. The van der Waals surface area contributed by atoms with Crippen molar-refractivity contribution >= 4 is 0 Å². The number of hydrogen-bond acceptors (Lipinski definition) is 5. The molecular weight excluding hydrogens is 204 g/mol. The molecule has 3 rings (SSSR count). The van der Waals surface area contributed by atoms with Crippen molar-refractivity contribution in [3.63, 3.8) is 0 Å². The van der Waals surface area contributed by atoms with Gasteiger partial charge in [0, 0.05) is 12.6 Å². The van der Waals surface area contributed by atoms with Crippen molar-refractivity contribution in [2.24, 2.45) is 5.73 Å². The van der Waals surface area contributed by atoms with Crippen LogP contribution in [0.5, 0.6) is 0 Å². The van der Waals surface area contributed by atoms with Crippen LogP contribution >= 0.6 is 0 Å². The monoisotopic (exact) mass is 222 g/mol. The molecule has 1 aliphatic carbocycles. The second kappa shape index (κ2) is 4.10. The minimum absolute atomic E-state index is 0.518. The van der Waals surface area contributed by atoms with Gasteiger partial charge < -0.3 is 5.73 Å². The Bertz CT molecular complexity index is 358. The third kappa shape index (κ3) is 1.82. The van der Waals surface area contributed by atoms with Crippen molar-refractivity contribution in [1.29, 1.82) is 0 Å². The van der Waals surface area contributed by atoms with E-state index in [2.05, 4.69) is 20.4 Å². The summed E-state index contributed by atoms with van der Waals surface area (Å²) < 4.78 is 1.99. The van der Waals surface area contributed by atoms with Crippen molar-refractivity contribution in [2.75, 3.05) is 13.1 Å². The molecule has 1 saturated heterocycles. The lowest BCUT2D eigenvalue weighted by Crippen LogP contribution is -2.35. The molecule has 0 spiro atoms. The maximum absolute atomic E-state index is 5.76. The maximum atomic E-state index is 5.76. The Balaban J connectivity index is 1.70. The van der Waals surface area contributed by atoms with Crippen LogP contribution in [0, 0.1) is 0 Å². The van der Waals surface area contributed by atoms with E-state index < -0.39 is 0 Å². The maximum Gasteiger partial charge on any atom is 0.165 e. The largest absolute Gasteiger partial charge is 0.329 e. The minimum atomic E-state index is 0.518. The van der Waals surface area contributed by atoms with Gasteiger partial charge in [-0.05, 0) is 42.7 Å². The van der Waals surface area contributed by atoms with Crippen molar-refractivity contribution in [3.05, 3.63) is 5.82 Å². The fraction of sp³-hybridized carbons (Fsp3) is 0.900. The zero-order valence-corrected chi connectivity index (χ0v) is 9.42. The quantitative estimate of drug-likeness (QED) is 0.772. The summed E-state index contributed by atoms with van der Waals surface area (Å²) in [5.41, 5.74) is 5.76. The van der Waals surface area contributed by atoms with Crippen molar-refractivity contribution in [1.82, 2.24) is 25.1 Å². The Morgan fingerprint density at radius 3 is 2.94 bits per heavy atom. The van der Waals surface area contributed by atoms with Gasteiger partial charge in [0.15, 0.2) is 5.82 Å². The summed E-state index contributed by atoms with van der Waals surface area (Å²) in [7, 11) is 0. The molecule has 1 aromatic rings. The molecule has 1 aliphatic heterocycles. The number of tetrazole rings is 1. The van der Waals surface area contributed by atoms with Crippen LogP contribution in [0.15, 0.2) is 0 Å². The van der Waals surface area contributed by atoms with Gasteiger partial charge in [-0.3, -0.25) is 4.90 Å². The molecule has 2 fully saturated rings. The molecule has 0 bridgehead atoms. The van der Waals surface area contributed by atoms with Crippen molar-refractivity contribution in [3.8, 4) is 0 Å². The van der Waals surface area contributed by atoms with E-state index in [9.17, 15) is 0 Å². The SMILES string of the molecule is NCC1CCCN1Cc1nnnn1C1CC1. The average Bonchev–Trinajstić information content (AvgIpc) is 2.88. The summed E-state index contributed by atoms with van der Waals surface area (Å²) in [6, 6.07) is 1.08. The fourth-order valence-corrected chi connectivity index (χ4v) is 2.47. The lowest BCUT2D eigenvalue weighted by Gasteiger charge is -2.22. The molecule has 16 heavy (non-hydrogen) atoms. The van der Waals surface area contributed by atoms with Gasteiger partial charge in [0.2, 0.25) is 0 Å². The molecule has 2 heterocycles. The van der Waals surface area contributed by atoms with Gasteiger partial charge in [-0.15, -0.1) is 5.10 Å². The Hall–Kier alpha value is -1.01. The number of nitrogens with two attached hydrogens (primary N) is 1. The second-order valence-corrected chi connectivity index (χ2v) is 4.77. The number of likely N-dealkylation sites (tertiary alicyclic amines) is 1. The fourth-order valence-electron chi connectivity index (χ4n) is 2.47. The highest BCUT2D eigenvalue weighted by Crippen LogP contribution is 2.34. The first-order chi connectivity index (χ1) is 7.88. The lowest BCUT2D eigenvalue weighted by molar-refractivity contribution is 0.239. The Labute approximate surface area is 94.8 Å². The molecule has 6 heteroatoms. The van der Waals surface area contributed by atoms with E-state index in [1.807, 2.05) is 4.68 Å². The summed E-state index contributed by atoms with van der Waals surface area (Å²) >= 11 is 0.